The van der Waals surface area contributed by atoms with E-state index in [0.717, 1.165) is 25.9 Å². The number of rotatable bonds is 2. The van der Waals surface area contributed by atoms with Crippen molar-refractivity contribution in [1.29, 1.82) is 0 Å². The molecule has 1 fully saturated rings. The monoisotopic (exact) mass is 175 g/mol. The largest absolute Gasteiger partial charge is 0.396 e. The number of likely N-dealkylation sites (tertiary alicyclic amines) is 1. The van der Waals surface area contributed by atoms with Gasteiger partial charge < -0.3 is 5.11 Å². The summed E-state index contributed by atoms with van der Waals surface area (Å²) in [7, 11) is 0. The van der Waals surface area contributed by atoms with Gasteiger partial charge >= 0.3 is 0 Å². The summed E-state index contributed by atoms with van der Waals surface area (Å²) in [4.78, 5) is 2.34. The number of piperidine rings is 1. The van der Waals surface area contributed by atoms with Crippen molar-refractivity contribution in [3.63, 3.8) is 0 Å². The highest BCUT2D eigenvalue weighted by atomic mass is 32.1. The van der Waals surface area contributed by atoms with Gasteiger partial charge in [0.1, 0.15) is 0 Å². The average molecular weight is 175 g/mol. The maximum Gasteiger partial charge on any atom is 0.0499 e. The molecule has 0 aromatic rings. The lowest BCUT2D eigenvalue weighted by atomic mass is 9.98. The normalized spacial score (nSPS) is 25.4. The fourth-order valence-electron chi connectivity index (χ4n) is 1.51. The SMILES string of the molecule is CC(S)N1CCC(CO)CC1. The summed E-state index contributed by atoms with van der Waals surface area (Å²) in [6, 6.07) is 0. The first-order valence-electron chi connectivity index (χ1n) is 4.27. The summed E-state index contributed by atoms with van der Waals surface area (Å²) in [5.74, 6) is 0.540. The molecule has 66 valence electrons. The Morgan fingerprint density at radius 1 is 1.55 bits per heavy atom. The van der Waals surface area contributed by atoms with Crippen LogP contribution in [0.4, 0.5) is 0 Å². The van der Waals surface area contributed by atoms with Crippen LogP contribution in [0.15, 0.2) is 0 Å². The Bertz CT molecular complexity index is 111. The van der Waals surface area contributed by atoms with E-state index in [1.165, 1.54) is 0 Å². The van der Waals surface area contributed by atoms with Gasteiger partial charge in [-0.3, -0.25) is 4.90 Å². The third kappa shape index (κ3) is 2.65. The molecule has 0 spiro atoms. The van der Waals surface area contributed by atoms with Gasteiger partial charge in [0.05, 0.1) is 0 Å². The smallest absolute Gasteiger partial charge is 0.0499 e. The molecule has 0 aliphatic carbocycles. The van der Waals surface area contributed by atoms with Gasteiger partial charge in [-0.05, 0) is 38.8 Å². The highest BCUT2D eigenvalue weighted by molar-refractivity contribution is 7.80. The van der Waals surface area contributed by atoms with Crippen molar-refractivity contribution in [3.8, 4) is 0 Å². The number of thiol groups is 1. The number of hydrogen-bond donors (Lipinski definition) is 2. The fourth-order valence-corrected chi connectivity index (χ4v) is 1.74. The number of aliphatic hydroxyl groups excluding tert-OH is 1. The Kier molecular flexibility index (Phi) is 3.69. The molecule has 2 nitrogen and oxygen atoms in total. The Morgan fingerprint density at radius 3 is 2.45 bits per heavy atom. The first-order valence-corrected chi connectivity index (χ1v) is 4.78. The van der Waals surface area contributed by atoms with Gasteiger partial charge in [-0.1, -0.05) is 0 Å². The predicted molar refractivity (Wildman–Crippen MR) is 49.8 cm³/mol. The average Bonchev–Trinajstić information content (AvgIpc) is 2.05. The third-order valence-corrected chi connectivity index (χ3v) is 2.76. The van der Waals surface area contributed by atoms with Crippen molar-refractivity contribution in [2.45, 2.75) is 25.1 Å². The summed E-state index contributed by atoms with van der Waals surface area (Å²) in [5.41, 5.74) is 0. The van der Waals surface area contributed by atoms with Crippen LogP contribution >= 0.6 is 12.6 Å². The quantitative estimate of drug-likeness (QED) is 0.611. The molecule has 1 N–H and O–H groups in total. The van der Waals surface area contributed by atoms with Crippen molar-refractivity contribution in [3.05, 3.63) is 0 Å². The van der Waals surface area contributed by atoms with Gasteiger partial charge in [0, 0.05) is 12.0 Å². The molecule has 1 aliphatic heterocycles. The van der Waals surface area contributed by atoms with Crippen molar-refractivity contribution in [1.82, 2.24) is 4.90 Å². The third-order valence-electron chi connectivity index (χ3n) is 2.44. The highest BCUT2D eigenvalue weighted by Crippen LogP contribution is 2.18. The van der Waals surface area contributed by atoms with Crippen LogP contribution < -0.4 is 0 Å². The molecule has 0 radical (unpaired) electrons. The standard InChI is InChI=1S/C8H17NOS/c1-7(11)9-4-2-8(6-10)3-5-9/h7-8,10-11H,2-6H2,1H3. The number of nitrogens with zero attached hydrogens (tertiary/aromatic N) is 1. The molecular weight excluding hydrogens is 158 g/mol. The van der Waals surface area contributed by atoms with Gasteiger partial charge in [0.25, 0.3) is 0 Å². The van der Waals surface area contributed by atoms with Gasteiger partial charge in [-0.15, -0.1) is 0 Å². The Hall–Kier alpha value is 0.270. The van der Waals surface area contributed by atoms with Crippen LogP contribution in [0.5, 0.6) is 0 Å². The molecule has 1 unspecified atom stereocenters. The van der Waals surface area contributed by atoms with Gasteiger partial charge in [0.15, 0.2) is 0 Å². The first kappa shape index (κ1) is 9.36. The molecule has 0 aromatic heterocycles. The molecule has 1 atom stereocenters. The van der Waals surface area contributed by atoms with E-state index >= 15 is 0 Å². The van der Waals surface area contributed by atoms with E-state index in [0.29, 0.717) is 17.9 Å². The van der Waals surface area contributed by atoms with Crippen LogP contribution in [0.1, 0.15) is 19.8 Å². The van der Waals surface area contributed by atoms with E-state index in [9.17, 15) is 0 Å². The predicted octanol–water partition coefficient (Wildman–Crippen LogP) is 0.966. The van der Waals surface area contributed by atoms with E-state index in [2.05, 4.69) is 24.5 Å². The summed E-state index contributed by atoms with van der Waals surface area (Å²) >= 11 is 4.36. The van der Waals surface area contributed by atoms with E-state index in [1.54, 1.807) is 0 Å². The van der Waals surface area contributed by atoms with Crippen LogP contribution in [-0.2, 0) is 0 Å². The van der Waals surface area contributed by atoms with Gasteiger partial charge in [-0.2, -0.15) is 12.6 Å². The lowest BCUT2D eigenvalue weighted by Gasteiger charge is -2.33. The summed E-state index contributed by atoms with van der Waals surface area (Å²) in [6.07, 6.45) is 2.25. The molecule has 0 amide bonds. The molecule has 1 aliphatic rings. The van der Waals surface area contributed by atoms with E-state index in [-0.39, 0.29) is 0 Å². The molecule has 0 aromatic carbocycles. The minimum absolute atomic E-state index is 0.356. The zero-order chi connectivity index (χ0) is 8.27. The van der Waals surface area contributed by atoms with Crippen molar-refractivity contribution >= 4 is 12.6 Å². The lowest BCUT2D eigenvalue weighted by molar-refractivity contribution is 0.129. The Labute approximate surface area is 74.0 Å². The van der Waals surface area contributed by atoms with E-state index in [4.69, 9.17) is 5.11 Å². The van der Waals surface area contributed by atoms with Crippen molar-refractivity contribution < 1.29 is 5.11 Å². The maximum absolute atomic E-state index is 8.88. The number of aliphatic hydroxyl groups is 1. The second-order valence-electron chi connectivity index (χ2n) is 3.29. The Balaban J connectivity index is 2.24. The molecule has 1 heterocycles. The number of hydrogen-bond acceptors (Lipinski definition) is 3. The molecule has 11 heavy (non-hydrogen) atoms. The maximum atomic E-state index is 8.88. The second kappa shape index (κ2) is 4.33. The highest BCUT2D eigenvalue weighted by Gasteiger charge is 2.19. The zero-order valence-corrected chi connectivity index (χ0v) is 7.93. The molecule has 3 heteroatoms. The lowest BCUT2D eigenvalue weighted by Crippen LogP contribution is -2.38. The minimum atomic E-state index is 0.356. The first-order chi connectivity index (χ1) is 5.24. The molecule has 0 saturated carbocycles. The van der Waals surface area contributed by atoms with Crippen LogP contribution in [0, 0.1) is 5.92 Å². The van der Waals surface area contributed by atoms with Gasteiger partial charge in [-0.25, -0.2) is 0 Å². The topological polar surface area (TPSA) is 23.5 Å². The van der Waals surface area contributed by atoms with E-state index in [1.807, 2.05) is 0 Å². The molecule has 1 saturated heterocycles. The molecule has 0 bridgehead atoms. The van der Waals surface area contributed by atoms with Crippen LogP contribution in [0.2, 0.25) is 0 Å². The minimum Gasteiger partial charge on any atom is -0.396 e. The molecular formula is C8H17NOS. The van der Waals surface area contributed by atoms with Crippen LogP contribution in [0.25, 0.3) is 0 Å². The molecule has 1 rings (SSSR count). The fraction of sp³-hybridized carbons (Fsp3) is 1.00. The van der Waals surface area contributed by atoms with Crippen LogP contribution in [-0.4, -0.2) is 35.1 Å². The van der Waals surface area contributed by atoms with E-state index < -0.39 is 0 Å². The zero-order valence-electron chi connectivity index (χ0n) is 7.03. The van der Waals surface area contributed by atoms with Gasteiger partial charge in [0.2, 0.25) is 0 Å². The second-order valence-corrected chi connectivity index (χ2v) is 4.04. The van der Waals surface area contributed by atoms with Crippen molar-refractivity contribution in [2.75, 3.05) is 19.7 Å². The summed E-state index contributed by atoms with van der Waals surface area (Å²) in [6.45, 7) is 4.64. The summed E-state index contributed by atoms with van der Waals surface area (Å²) in [5, 5.41) is 9.25. The summed E-state index contributed by atoms with van der Waals surface area (Å²) < 4.78 is 0. The van der Waals surface area contributed by atoms with Crippen LogP contribution in [0.3, 0.4) is 0 Å². The van der Waals surface area contributed by atoms with Crippen molar-refractivity contribution in [2.24, 2.45) is 5.92 Å². The Morgan fingerprint density at radius 2 is 2.09 bits per heavy atom.